The first-order valence-electron chi connectivity index (χ1n) is 10.6. The number of piperidine rings is 1. The van der Waals surface area contributed by atoms with Crippen molar-refractivity contribution in [1.82, 2.24) is 30.3 Å². The van der Waals surface area contributed by atoms with E-state index in [0.29, 0.717) is 12.6 Å². The summed E-state index contributed by atoms with van der Waals surface area (Å²) in [6.45, 7) is 3.68. The van der Waals surface area contributed by atoms with Crippen LogP contribution in [0.3, 0.4) is 0 Å². The summed E-state index contributed by atoms with van der Waals surface area (Å²) in [6, 6.07) is 14.1. The summed E-state index contributed by atoms with van der Waals surface area (Å²) in [4.78, 5) is 11.3. The fourth-order valence-electron chi connectivity index (χ4n) is 3.72. The molecule has 7 nitrogen and oxygen atoms in total. The number of aliphatic imine (C=N–C) groups is 1. The Morgan fingerprint density at radius 3 is 2.68 bits per heavy atom. The third-order valence-corrected chi connectivity index (χ3v) is 5.70. The van der Waals surface area contributed by atoms with Gasteiger partial charge in [-0.3, -0.25) is 14.9 Å². The highest BCUT2D eigenvalue weighted by Gasteiger charge is 2.20. The van der Waals surface area contributed by atoms with Gasteiger partial charge in [-0.25, -0.2) is 4.68 Å². The quantitative estimate of drug-likeness (QED) is 0.457. The maximum atomic E-state index is 5.96. The fourth-order valence-corrected chi connectivity index (χ4v) is 3.84. The van der Waals surface area contributed by atoms with Crippen molar-refractivity contribution in [3.05, 3.63) is 77.3 Å². The van der Waals surface area contributed by atoms with Crippen molar-refractivity contribution in [2.45, 2.75) is 32.0 Å². The van der Waals surface area contributed by atoms with Gasteiger partial charge in [-0.2, -0.15) is 5.10 Å². The molecule has 0 unspecified atom stereocenters. The highest BCUT2D eigenvalue weighted by Crippen LogP contribution is 2.14. The normalized spacial score (nSPS) is 15.7. The van der Waals surface area contributed by atoms with Crippen LogP contribution < -0.4 is 10.6 Å². The predicted octanol–water partition coefficient (Wildman–Crippen LogP) is 3.25. The van der Waals surface area contributed by atoms with E-state index in [9.17, 15) is 0 Å². The van der Waals surface area contributed by atoms with Gasteiger partial charge in [0.1, 0.15) is 0 Å². The number of pyridine rings is 1. The number of likely N-dealkylation sites (tertiary alicyclic amines) is 1. The first kappa shape index (κ1) is 21.3. The van der Waals surface area contributed by atoms with Gasteiger partial charge in [0, 0.05) is 62.2 Å². The van der Waals surface area contributed by atoms with E-state index in [1.165, 1.54) is 0 Å². The van der Waals surface area contributed by atoms with E-state index in [1.807, 2.05) is 66.7 Å². The minimum Gasteiger partial charge on any atom is -0.354 e. The molecule has 162 valence electrons. The standard InChI is InChI=1S/C23H28ClN7/c1-25-23(27-14-18-15-28-31(16-18)22-7-5-19(24)6-8-22)29-20-9-12-30(13-10-20)17-21-4-2-3-11-26-21/h2-8,11,15-16,20H,9-10,12-14,17H2,1H3,(H2,25,27,29). The fraction of sp³-hybridized carbons (Fsp3) is 0.348. The summed E-state index contributed by atoms with van der Waals surface area (Å²) >= 11 is 5.96. The molecule has 8 heteroatoms. The Hall–Kier alpha value is -2.90. The van der Waals surface area contributed by atoms with E-state index in [2.05, 4.69) is 36.7 Å². The van der Waals surface area contributed by atoms with Crippen molar-refractivity contribution in [1.29, 1.82) is 0 Å². The van der Waals surface area contributed by atoms with Crippen molar-refractivity contribution < 1.29 is 0 Å². The first-order chi connectivity index (χ1) is 15.2. The van der Waals surface area contributed by atoms with Crippen LogP contribution in [0.15, 0.2) is 66.0 Å². The number of nitrogens with one attached hydrogen (secondary N) is 2. The molecule has 0 bridgehead atoms. The maximum absolute atomic E-state index is 5.96. The molecule has 2 N–H and O–H groups in total. The van der Waals surface area contributed by atoms with Crippen molar-refractivity contribution in [3.8, 4) is 5.69 Å². The van der Waals surface area contributed by atoms with Gasteiger partial charge in [-0.05, 0) is 49.2 Å². The van der Waals surface area contributed by atoms with E-state index < -0.39 is 0 Å². The SMILES string of the molecule is CN=C(NCc1cnn(-c2ccc(Cl)cc2)c1)NC1CCN(Cc2ccccn2)CC1. The summed E-state index contributed by atoms with van der Waals surface area (Å²) < 4.78 is 1.85. The predicted molar refractivity (Wildman–Crippen MR) is 124 cm³/mol. The molecule has 1 aromatic carbocycles. The number of halogens is 1. The lowest BCUT2D eigenvalue weighted by molar-refractivity contribution is 0.196. The molecular weight excluding hydrogens is 410 g/mol. The molecule has 1 fully saturated rings. The molecule has 0 amide bonds. The zero-order chi connectivity index (χ0) is 21.5. The molecule has 0 spiro atoms. The van der Waals surface area contributed by atoms with Crippen LogP contribution in [0.2, 0.25) is 5.02 Å². The Morgan fingerprint density at radius 2 is 1.97 bits per heavy atom. The van der Waals surface area contributed by atoms with Gasteiger partial charge in [0.25, 0.3) is 0 Å². The molecule has 0 aliphatic carbocycles. The zero-order valence-electron chi connectivity index (χ0n) is 17.7. The minimum atomic E-state index is 0.419. The molecular formula is C23H28ClN7. The number of aromatic nitrogens is 3. The van der Waals surface area contributed by atoms with E-state index in [-0.39, 0.29) is 0 Å². The lowest BCUT2D eigenvalue weighted by Crippen LogP contribution is -2.48. The lowest BCUT2D eigenvalue weighted by atomic mass is 10.0. The third kappa shape index (κ3) is 6.06. The number of hydrogen-bond acceptors (Lipinski definition) is 4. The van der Waals surface area contributed by atoms with Crippen LogP contribution in [-0.2, 0) is 13.1 Å². The van der Waals surface area contributed by atoms with Gasteiger partial charge < -0.3 is 10.6 Å². The Morgan fingerprint density at radius 1 is 1.16 bits per heavy atom. The summed E-state index contributed by atoms with van der Waals surface area (Å²) in [7, 11) is 1.81. The van der Waals surface area contributed by atoms with E-state index in [0.717, 1.165) is 60.4 Å². The average molecular weight is 438 g/mol. The summed E-state index contributed by atoms with van der Waals surface area (Å²) in [5, 5.41) is 12.1. The Bertz CT molecular complexity index is 977. The lowest BCUT2D eigenvalue weighted by Gasteiger charge is -2.32. The zero-order valence-corrected chi connectivity index (χ0v) is 18.5. The van der Waals surface area contributed by atoms with Crippen molar-refractivity contribution in [3.63, 3.8) is 0 Å². The maximum Gasteiger partial charge on any atom is 0.191 e. The largest absolute Gasteiger partial charge is 0.354 e. The van der Waals surface area contributed by atoms with Crippen molar-refractivity contribution >= 4 is 17.6 Å². The molecule has 1 aliphatic heterocycles. The number of hydrogen-bond donors (Lipinski definition) is 2. The van der Waals surface area contributed by atoms with Gasteiger partial charge in [0.2, 0.25) is 0 Å². The second-order valence-corrected chi connectivity index (χ2v) is 8.15. The number of benzene rings is 1. The minimum absolute atomic E-state index is 0.419. The van der Waals surface area contributed by atoms with Crippen LogP contribution in [0.4, 0.5) is 0 Å². The highest BCUT2D eigenvalue weighted by atomic mass is 35.5. The molecule has 0 atom stereocenters. The monoisotopic (exact) mass is 437 g/mol. The van der Waals surface area contributed by atoms with Gasteiger partial charge in [-0.1, -0.05) is 17.7 Å². The second-order valence-electron chi connectivity index (χ2n) is 7.71. The molecule has 0 saturated carbocycles. The Balaban J connectivity index is 1.23. The molecule has 0 radical (unpaired) electrons. The topological polar surface area (TPSA) is 70.4 Å². The van der Waals surface area contributed by atoms with Gasteiger partial charge in [0.05, 0.1) is 17.6 Å². The van der Waals surface area contributed by atoms with Crippen LogP contribution in [0.5, 0.6) is 0 Å². The molecule has 3 heterocycles. The Labute approximate surface area is 188 Å². The van der Waals surface area contributed by atoms with Crippen molar-refractivity contribution in [2.75, 3.05) is 20.1 Å². The molecule has 31 heavy (non-hydrogen) atoms. The summed E-state index contributed by atoms with van der Waals surface area (Å²) in [5.74, 6) is 0.822. The van der Waals surface area contributed by atoms with E-state index in [4.69, 9.17) is 11.6 Å². The Kier molecular flexibility index (Phi) is 7.17. The summed E-state index contributed by atoms with van der Waals surface area (Å²) in [5.41, 5.74) is 3.20. The molecule has 1 saturated heterocycles. The molecule has 3 aromatic rings. The van der Waals surface area contributed by atoms with Gasteiger partial charge in [-0.15, -0.1) is 0 Å². The summed E-state index contributed by atoms with van der Waals surface area (Å²) in [6.07, 6.45) is 7.91. The molecule has 1 aliphatic rings. The molecule has 4 rings (SSSR count). The van der Waals surface area contributed by atoms with Crippen LogP contribution in [0.1, 0.15) is 24.1 Å². The van der Waals surface area contributed by atoms with Crippen LogP contribution in [-0.4, -0.2) is 51.8 Å². The smallest absolute Gasteiger partial charge is 0.191 e. The second kappa shape index (κ2) is 10.4. The molecule has 2 aromatic heterocycles. The number of rotatable bonds is 6. The van der Waals surface area contributed by atoms with Crippen LogP contribution >= 0.6 is 11.6 Å². The first-order valence-corrected chi connectivity index (χ1v) is 11.0. The van der Waals surface area contributed by atoms with Crippen LogP contribution in [0.25, 0.3) is 5.69 Å². The third-order valence-electron chi connectivity index (χ3n) is 5.45. The highest BCUT2D eigenvalue weighted by molar-refractivity contribution is 6.30. The van der Waals surface area contributed by atoms with Crippen molar-refractivity contribution in [2.24, 2.45) is 4.99 Å². The van der Waals surface area contributed by atoms with Gasteiger partial charge in [0.15, 0.2) is 5.96 Å². The van der Waals surface area contributed by atoms with E-state index >= 15 is 0 Å². The van der Waals surface area contributed by atoms with Crippen LogP contribution in [0, 0.1) is 0 Å². The van der Waals surface area contributed by atoms with E-state index in [1.54, 1.807) is 0 Å². The van der Waals surface area contributed by atoms with Gasteiger partial charge >= 0.3 is 0 Å². The number of guanidine groups is 1. The average Bonchev–Trinajstić information content (AvgIpc) is 3.28. The number of nitrogens with zero attached hydrogens (tertiary/aromatic N) is 5.